The predicted octanol–water partition coefficient (Wildman–Crippen LogP) is 0.868. The van der Waals surface area contributed by atoms with Gasteiger partial charge in [-0.2, -0.15) is 0 Å². The van der Waals surface area contributed by atoms with Crippen LogP contribution in [-0.2, 0) is 38.3 Å². The zero-order valence-electron chi connectivity index (χ0n) is 23.8. The van der Waals surface area contributed by atoms with E-state index >= 15 is 0 Å². The molecule has 46 heavy (non-hydrogen) atoms. The van der Waals surface area contributed by atoms with Crippen LogP contribution < -0.4 is 0 Å². The number of hydrogen-bond donors (Lipinski definition) is 0. The van der Waals surface area contributed by atoms with Gasteiger partial charge in [-0.05, 0) is 24.3 Å². The molecule has 2 aromatic rings. The number of halogens is 2. The summed E-state index contributed by atoms with van der Waals surface area (Å²) in [7, 11) is 0. The van der Waals surface area contributed by atoms with Crippen LogP contribution in [0.4, 0.5) is 8.78 Å². The maximum Gasteiger partial charge on any atom is 0.236 e. The van der Waals surface area contributed by atoms with Gasteiger partial charge in [0.2, 0.25) is 23.6 Å². The van der Waals surface area contributed by atoms with Crippen LogP contribution in [-0.4, -0.2) is 94.6 Å². The van der Waals surface area contributed by atoms with Crippen molar-refractivity contribution >= 4 is 35.1 Å². The predicted molar refractivity (Wildman–Crippen MR) is 147 cm³/mol. The summed E-state index contributed by atoms with van der Waals surface area (Å²) in [5, 5.41) is 8.42. The van der Waals surface area contributed by atoms with Gasteiger partial charge in [-0.15, -0.1) is 0 Å². The molecule has 14 heteroatoms. The quantitative estimate of drug-likeness (QED) is 0.444. The zero-order valence-corrected chi connectivity index (χ0v) is 23.8. The number of likely N-dealkylation sites (tertiary alicyclic amines) is 2. The molecule has 2 aromatic carbocycles. The fraction of sp³-hybridized carbons (Fsp3) is 0.438. The van der Waals surface area contributed by atoms with Crippen LogP contribution in [0.5, 0.6) is 0 Å². The molecule has 0 aromatic heterocycles. The molecular weight excluding hydrogens is 606 g/mol. The molecule has 4 bridgehead atoms. The second-order valence-corrected chi connectivity index (χ2v) is 13.0. The van der Waals surface area contributed by atoms with Crippen molar-refractivity contribution in [3.05, 3.63) is 71.3 Å². The van der Waals surface area contributed by atoms with Gasteiger partial charge in [0.15, 0.2) is 12.2 Å². The van der Waals surface area contributed by atoms with Crippen LogP contribution in [0.1, 0.15) is 11.1 Å². The Morgan fingerprint density at radius 3 is 1.22 bits per heavy atom. The number of oxime groups is 2. The van der Waals surface area contributed by atoms with Gasteiger partial charge in [-0.3, -0.25) is 29.0 Å². The molecule has 234 valence electrons. The average molecular weight is 631 g/mol. The Balaban J connectivity index is 0.853. The van der Waals surface area contributed by atoms with Crippen LogP contribution in [0.2, 0.25) is 0 Å². The molecule has 0 saturated carbocycles. The smallest absolute Gasteiger partial charge is 0.236 e. The van der Waals surface area contributed by atoms with E-state index in [0.717, 1.165) is 9.80 Å². The molecular formula is C32H24F2N4O8. The second-order valence-electron chi connectivity index (χ2n) is 13.0. The number of carbonyl (C=O) groups is 4. The minimum atomic E-state index is -0.754. The highest BCUT2D eigenvalue weighted by molar-refractivity contribution is 6.11. The van der Waals surface area contributed by atoms with E-state index in [0.29, 0.717) is 22.6 Å². The molecule has 0 radical (unpaired) electrons. The Bertz CT molecular complexity index is 1690. The lowest BCUT2D eigenvalue weighted by molar-refractivity contribution is -0.148. The minimum absolute atomic E-state index is 0.141. The fourth-order valence-corrected chi connectivity index (χ4v) is 9.20. The zero-order chi connectivity index (χ0) is 31.2. The monoisotopic (exact) mass is 630 g/mol. The van der Waals surface area contributed by atoms with E-state index in [1.807, 2.05) is 0 Å². The van der Waals surface area contributed by atoms with Gasteiger partial charge in [0.1, 0.15) is 23.8 Å². The largest absolute Gasteiger partial charge is 0.389 e. The van der Waals surface area contributed by atoms with Crippen LogP contribution >= 0.6 is 0 Å². The Morgan fingerprint density at radius 1 is 0.500 bits per heavy atom. The first-order valence-electron chi connectivity index (χ1n) is 15.3. The topological polar surface area (TPSA) is 136 Å². The van der Waals surface area contributed by atoms with E-state index in [1.54, 1.807) is 24.3 Å². The molecule has 0 aliphatic carbocycles. The SMILES string of the molecule is O=C1C2C3OC(C4C(c5ccc(F)cc5)=NOC34)C2C(=O)N1CCN1C(=O)C2C3OC(C4C(c5ccc(F)cc5)=NOC34)C2C1=O. The first kappa shape index (κ1) is 26.6. The van der Waals surface area contributed by atoms with Crippen molar-refractivity contribution in [2.45, 2.75) is 36.6 Å². The van der Waals surface area contributed by atoms with Gasteiger partial charge in [0, 0.05) is 24.2 Å². The lowest BCUT2D eigenvalue weighted by Crippen LogP contribution is -2.45. The van der Waals surface area contributed by atoms with Gasteiger partial charge in [0.05, 0.1) is 59.1 Å². The number of imide groups is 2. The molecule has 12 atom stereocenters. The molecule has 12 nitrogen and oxygen atoms in total. The molecule has 10 rings (SSSR count). The summed E-state index contributed by atoms with van der Waals surface area (Å²) in [6.45, 7) is -0.282. The number of hydrogen-bond acceptors (Lipinski definition) is 10. The van der Waals surface area contributed by atoms with Crippen molar-refractivity contribution in [3.8, 4) is 0 Å². The molecule has 8 aliphatic heterocycles. The number of carbonyl (C=O) groups excluding carboxylic acids is 4. The lowest BCUT2D eigenvalue weighted by Gasteiger charge is -2.26. The van der Waals surface area contributed by atoms with Crippen molar-refractivity contribution in [2.24, 2.45) is 45.8 Å². The average Bonchev–Trinajstić information content (AvgIpc) is 3.90. The van der Waals surface area contributed by atoms with Gasteiger partial charge < -0.3 is 19.1 Å². The van der Waals surface area contributed by atoms with E-state index in [2.05, 4.69) is 10.3 Å². The first-order chi connectivity index (χ1) is 22.3. The van der Waals surface area contributed by atoms with Gasteiger partial charge >= 0.3 is 0 Å². The molecule has 8 heterocycles. The van der Waals surface area contributed by atoms with E-state index in [1.165, 1.54) is 24.3 Å². The standard InChI is InChI=1S/C32H24F2N4O8/c33-13-5-1-11(2-6-13)21-19-23-15-17(25(43-23)27(19)45-35-21)31(41)37(29(15)39)9-10-38-30(40)16-18(32(38)42)26-28-20(24(16)44-26)22(36-46-28)12-3-7-14(34)8-4-12/h1-8,15-20,23-28H,9-10H2. The lowest BCUT2D eigenvalue weighted by atomic mass is 9.71. The molecule has 12 unspecified atom stereocenters. The number of benzene rings is 2. The molecule has 0 spiro atoms. The van der Waals surface area contributed by atoms with Crippen LogP contribution in [0, 0.1) is 47.1 Å². The number of amides is 4. The first-order valence-corrected chi connectivity index (χ1v) is 15.3. The summed E-state index contributed by atoms with van der Waals surface area (Å²) in [5.74, 6) is -6.27. The number of rotatable bonds is 5. The summed E-state index contributed by atoms with van der Waals surface area (Å²) < 4.78 is 39.3. The van der Waals surface area contributed by atoms with Crippen molar-refractivity contribution in [1.82, 2.24) is 9.80 Å². The fourth-order valence-electron chi connectivity index (χ4n) is 9.20. The highest BCUT2D eigenvalue weighted by Gasteiger charge is 2.73. The van der Waals surface area contributed by atoms with E-state index in [9.17, 15) is 28.0 Å². The van der Waals surface area contributed by atoms with Crippen molar-refractivity contribution in [3.63, 3.8) is 0 Å². The normalized spacial score (nSPS) is 40.7. The van der Waals surface area contributed by atoms with Gasteiger partial charge in [-0.25, -0.2) is 8.78 Å². The van der Waals surface area contributed by atoms with E-state index in [-0.39, 0.29) is 13.1 Å². The van der Waals surface area contributed by atoms with Crippen LogP contribution in [0.25, 0.3) is 0 Å². The molecule has 6 fully saturated rings. The van der Waals surface area contributed by atoms with Crippen molar-refractivity contribution < 1.29 is 47.1 Å². The third-order valence-corrected chi connectivity index (χ3v) is 11.1. The molecule has 8 aliphatic rings. The summed E-state index contributed by atoms with van der Waals surface area (Å²) >= 11 is 0. The highest BCUT2D eigenvalue weighted by Crippen LogP contribution is 2.56. The van der Waals surface area contributed by atoms with E-state index in [4.69, 9.17) is 19.1 Å². The highest BCUT2D eigenvalue weighted by atomic mass is 19.1. The summed E-state index contributed by atoms with van der Waals surface area (Å²) in [6.07, 6.45) is -3.75. The van der Waals surface area contributed by atoms with Crippen molar-refractivity contribution in [2.75, 3.05) is 13.1 Å². The molecule has 0 N–H and O–H groups in total. The third-order valence-electron chi connectivity index (χ3n) is 11.1. The maximum atomic E-state index is 13.7. The van der Waals surface area contributed by atoms with Gasteiger partial charge in [-0.1, -0.05) is 34.6 Å². The number of ether oxygens (including phenoxy) is 2. The minimum Gasteiger partial charge on any atom is -0.389 e. The maximum absolute atomic E-state index is 13.7. The molecule has 4 amide bonds. The number of nitrogens with zero attached hydrogens (tertiary/aromatic N) is 4. The van der Waals surface area contributed by atoms with Crippen LogP contribution in [0.15, 0.2) is 58.8 Å². The Labute approximate surface area is 258 Å². The molecule has 6 saturated heterocycles. The summed E-state index contributed by atoms with van der Waals surface area (Å²) in [5.41, 5.74) is 2.39. The third kappa shape index (κ3) is 3.22. The number of fused-ring (bicyclic) bond motifs is 16. The van der Waals surface area contributed by atoms with E-state index < -0.39 is 107 Å². The Morgan fingerprint density at radius 2 is 0.848 bits per heavy atom. The summed E-state index contributed by atoms with van der Waals surface area (Å²) in [4.78, 5) is 68.2. The Kier molecular flexibility index (Phi) is 5.23. The van der Waals surface area contributed by atoms with Gasteiger partial charge in [0.25, 0.3) is 0 Å². The van der Waals surface area contributed by atoms with Crippen molar-refractivity contribution in [1.29, 1.82) is 0 Å². The summed E-state index contributed by atoms with van der Waals surface area (Å²) in [6, 6.07) is 11.6. The second kappa shape index (κ2) is 9.04. The van der Waals surface area contributed by atoms with Crippen LogP contribution in [0.3, 0.4) is 0 Å². The Hall–Kier alpha value is -4.56.